The molecule has 0 saturated carbocycles. The van der Waals surface area contributed by atoms with E-state index in [1.807, 2.05) is 19.1 Å². The molecular weight excluding hydrogens is 505 g/mol. The Kier molecular flexibility index (Phi) is 7.28. The minimum atomic E-state index is -0.211. The van der Waals surface area contributed by atoms with E-state index in [1.54, 1.807) is 24.3 Å². The smallest absolute Gasteiger partial charge is 0.263 e. The first-order valence-electron chi connectivity index (χ1n) is 8.15. The third-order valence-corrected chi connectivity index (χ3v) is 6.13. The van der Waals surface area contributed by atoms with E-state index in [0.717, 1.165) is 15.6 Å². The standard InChI is InChI=1S/C19H14BrCl2NO3S2/c1-2-25-15-5-11(6-17-18(24)23-19(27)28-17)13(20)8-16(15)26-9-10-3-4-12(21)7-14(10)22/h3-8H,2,9H2,1H3,(H,23,24,27)/b17-6+. The van der Waals surface area contributed by atoms with Crippen molar-refractivity contribution < 1.29 is 14.3 Å². The molecule has 146 valence electrons. The van der Waals surface area contributed by atoms with Gasteiger partial charge in [-0.3, -0.25) is 4.79 Å². The number of benzene rings is 2. The van der Waals surface area contributed by atoms with Crippen molar-refractivity contribution in [2.24, 2.45) is 0 Å². The monoisotopic (exact) mass is 517 g/mol. The number of amides is 1. The zero-order valence-corrected chi connectivity index (χ0v) is 19.3. The van der Waals surface area contributed by atoms with E-state index >= 15 is 0 Å². The van der Waals surface area contributed by atoms with Gasteiger partial charge >= 0.3 is 0 Å². The minimum absolute atomic E-state index is 0.211. The van der Waals surface area contributed by atoms with Crippen LogP contribution >= 0.6 is 63.1 Å². The van der Waals surface area contributed by atoms with Crippen molar-refractivity contribution in [2.75, 3.05) is 6.61 Å². The summed E-state index contributed by atoms with van der Waals surface area (Å²) in [6.07, 6.45) is 1.76. The van der Waals surface area contributed by atoms with Crippen molar-refractivity contribution in [3.05, 3.63) is 60.9 Å². The van der Waals surface area contributed by atoms with Gasteiger partial charge in [-0.05, 0) is 42.8 Å². The number of nitrogens with one attached hydrogen (secondary N) is 1. The van der Waals surface area contributed by atoms with Crippen molar-refractivity contribution in [1.82, 2.24) is 5.32 Å². The van der Waals surface area contributed by atoms with Gasteiger partial charge in [-0.2, -0.15) is 0 Å². The zero-order valence-electron chi connectivity index (χ0n) is 14.6. The summed E-state index contributed by atoms with van der Waals surface area (Å²) in [6.45, 7) is 2.61. The summed E-state index contributed by atoms with van der Waals surface area (Å²) in [6, 6.07) is 8.87. The highest BCUT2D eigenvalue weighted by atomic mass is 79.9. The topological polar surface area (TPSA) is 47.6 Å². The Morgan fingerprint density at radius 3 is 2.61 bits per heavy atom. The van der Waals surface area contributed by atoms with Crippen LogP contribution in [0.5, 0.6) is 11.5 Å². The fourth-order valence-corrected chi connectivity index (χ4v) is 4.33. The fourth-order valence-electron chi connectivity index (χ4n) is 2.40. The van der Waals surface area contributed by atoms with Gasteiger partial charge in [-0.25, -0.2) is 0 Å². The number of thioether (sulfide) groups is 1. The number of hydrogen-bond donors (Lipinski definition) is 1. The first kappa shape index (κ1) is 21.5. The van der Waals surface area contributed by atoms with Gasteiger partial charge in [0.05, 0.1) is 11.5 Å². The minimum Gasteiger partial charge on any atom is -0.490 e. The van der Waals surface area contributed by atoms with E-state index in [9.17, 15) is 4.79 Å². The summed E-state index contributed by atoms with van der Waals surface area (Å²) in [5.74, 6) is 0.909. The van der Waals surface area contributed by atoms with Crippen LogP contribution in [0, 0.1) is 0 Å². The molecule has 4 nitrogen and oxygen atoms in total. The third kappa shape index (κ3) is 5.21. The van der Waals surface area contributed by atoms with Gasteiger partial charge < -0.3 is 14.8 Å². The first-order chi connectivity index (χ1) is 13.4. The van der Waals surface area contributed by atoms with Crippen LogP contribution in [-0.4, -0.2) is 16.8 Å². The Bertz CT molecular complexity index is 982. The van der Waals surface area contributed by atoms with Crippen LogP contribution in [0.2, 0.25) is 10.0 Å². The van der Waals surface area contributed by atoms with Gasteiger partial charge in [0.1, 0.15) is 10.9 Å². The third-order valence-electron chi connectivity index (χ3n) is 3.69. The second-order valence-electron chi connectivity index (χ2n) is 5.63. The predicted octanol–water partition coefficient (Wildman–Crippen LogP) is 6.22. The zero-order chi connectivity index (χ0) is 20.3. The summed E-state index contributed by atoms with van der Waals surface area (Å²) in [5, 5.41) is 3.70. The number of rotatable bonds is 6. The average molecular weight is 519 g/mol. The Labute approximate surface area is 190 Å². The first-order valence-corrected chi connectivity index (χ1v) is 10.9. The van der Waals surface area contributed by atoms with Gasteiger partial charge in [0.2, 0.25) is 0 Å². The van der Waals surface area contributed by atoms with E-state index in [2.05, 4.69) is 21.2 Å². The molecule has 28 heavy (non-hydrogen) atoms. The lowest BCUT2D eigenvalue weighted by molar-refractivity contribution is -0.115. The Morgan fingerprint density at radius 1 is 1.21 bits per heavy atom. The number of thiocarbonyl (C=S) groups is 1. The summed E-state index contributed by atoms with van der Waals surface area (Å²) >= 11 is 21.9. The second kappa shape index (κ2) is 9.50. The molecule has 0 aliphatic carbocycles. The molecule has 9 heteroatoms. The molecule has 0 aromatic heterocycles. The molecule has 0 spiro atoms. The molecular formula is C19H14BrCl2NO3S2. The van der Waals surface area contributed by atoms with Crippen LogP contribution < -0.4 is 14.8 Å². The summed E-state index contributed by atoms with van der Waals surface area (Å²) in [5.41, 5.74) is 1.59. The number of ether oxygens (including phenoxy) is 2. The molecule has 3 rings (SSSR count). The maximum atomic E-state index is 11.9. The summed E-state index contributed by atoms with van der Waals surface area (Å²) in [4.78, 5) is 12.4. The molecule has 0 bridgehead atoms. The number of hydrogen-bond acceptors (Lipinski definition) is 5. The number of halogens is 3. The van der Waals surface area contributed by atoms with Crippen molar-refractivity contribution in [3.63, 3.8) is 0 Å². The van der Waals surface area contributed by atoms with Crippen molar-refractivity contribution >= 4 is 79.4 Å². The van der Waals surface area contributed by atoms with E-state index in [1.165, 1.54) is 11.8 Å². The predicted molar refractivity (Wildman–Crippen MR) is 122 cm³/mol. The molecule has 1 aliphatic heterocycles. The summed E-state index contributed by atoms with van der Waals surface area (Å²) < 4.78 is 12.9. The molecule has 0 atom stereocenters. The Balaban J connectivity index is 1.87. The normalized spacial score (nSPS) is 15.1. The summed E-state index contributed by atoms with van der Waals surface area (Å²) in [7, 11) is 0. The molecule has 1 fully saturated rings. The van der Waals surface area contributed by atoms with Gasteiger partial charge in [0, 0.05) is 20.1 Å². The SMILES string of the molecule is CCOc1cc(/C=C2/SC(=S)NC2=O)c(Br)cc1OCc1ccc(Cl)cc1Cl. The van der Waals surface area contributed by atoms with Crippen LogP contribution in [0.1, 0.15) is 18.1 Å². The molecule has 1 amide bonds. The van der Waals surface area contributed by atoms with Crippen LogP contribution in [0.3, 0.4) is 0 Å². The highest BCUT2D eigenvalue weighted by molar-refractivity contribution is 9.10. The van der Waals surface area contributed by atoms with Gasteiger partial charge in [0.25, 0.3) is 5.91 Å². The molecule has 2 aromatic carbocycles. The highest BCUT2D eigenvalue weighted by Crippen LogP contribution is 2.37. The van der Waals surface area contributed by atoms with Crippen LogP contribution in [-0.2, 0) is 11.4 Å². The maximum absolute atomic E-state index is 11.9. The van der Waals surface area contributed by atoms with E-state index in [0.29, 0.717) is 37.4 Å². The number of carbonyl (C=O) groups excluding carboxylic acids is 1. The molecule has 0 unspecified atom stereocenters. The lowest BCUT2D eigenvalue weighted by Gasteiger charge is -2.15. The van der Waals surface area contributed by atoms with Crippen LogP contribution in [0.4, 0.5) is 0 Å². The largest absolute Gasteiger partial charge is 0.490 e. The molecule has 1 saturated heterocycles. The number of carbonyl (C=O) groups is 1. The second-order valence-corrected chi connectivity index (χ2v) is 9.05. The Morgan fingerprint density at radius 2 is 1.96 bits per heavy atom. The molecule has 1 heterocycles. The highest BCUT2D eigenvalue weighted by Gasteiger charge is 2.23. The average Bonchev–Trinajstić information content (AvgIpc) is 2.95. The van der Waals surface area contributed by atoms with E-state index in [-0.39, 0.29) is 12.5 Å². The lowest BCUT2D eigenvalue weighted by atomic mass is 10.1. The molecule has 2 aromatic rings. The van der Waals surface area contributed by atoms with Crippen LogP contribution in [0.25, 0.3) is 6.08 Å². The van der Waals surface area contributed by atoms with Crippen molar-refractivity contribution in [3.8, 4) is 11.5 Å². The van der Waals surface area contributed by atoms with Gasteiger partial charge in [-0.15, -0.1) is 0 Å². The maximum Gasteiger partial charge on any atom is 0.263 e. The fraction of sp³-hybridized carbons (Fsp3) is 0.158. The van der Waals surface area contributed by atoms with E-state index in [4.69, 9.17) is 44.9 Å². The Hall–Kier alpha value is -1.25. The lowest BCUT2D eigenvalue weighted by Crippen LogP contribution is -2.17. The quantitative estimate of drug-likeness (QED) is 0.363. The molecule has 1 N–H and O–H groups in total. The van der Waals surface area contributed by atoms with Crippen molar-refractivity contribution in [1.29, 1.82) is 0 Å². The van der Waals surface area contributed by atoms with E-state index < -0.39 is 0 Å². The molecule has 1 aliphatic rings. The van der Waals surface area contributed by atoms with Crippen molar-refractivity contribution in [2.45, 2.75) is 13.5 Å². The van der Waals surface area contributed by atoms with Gasteiger partial charge in [0.15, 0.2) is 11.5 Å². The van der Waals surface area contributed by atoms with Gasteiger partial charge in [-0.1, -0.05) is 69.2 Å². The molecule has 0 radical (unpaired) electrons. The van der Waals surface area contributed by atoms with Crippen LogP contribution in [0.15, 0.2) is 39.7 Å².